The van der Waals surface area contributed by atoms with Gasteiger partial charge in [0.1, 0.15) is 5.50 Å². The third kappa shape index (κ3) is 10.3. The van der Waals surface area contributed by atoms with E-state index < -0.39 is 0 Å². The number of hydrogen-bond donors (Lipinski definition) is 0. The summed E-state index contributed by atoms with van der Waals surface area (Å²) in [5, 5.41) is 0. The lowest BCUT2D eigenvalue weighted by molar-refractivity contribution is 0.518. The third-order valence-electron chi connectivity index (χ3n) is 4.50. The van der Waals surface area contributed by atoms with Crippen molar-refractivity contribution >= 4 is 11.6 Å². The highest BCUT2D eigenvalue weighted by Crippen LogP contribution is 2.21. The molecule has 0 saturated carbocycles. The van der Waals surface area contributed by atoms with Crippen molar-refractivity contribution in [3.63, 3.8) is 0 Å². The Morgan fingerprint density at radius 2 is 1.09 bits per heavy atom. The van der Waals surface area contributed by atoms with Gasteiger partial charge in [0.25, 0.3) is 0 Å². The Labute approximate surface area is 143 Å². The van der Waals surface area contributed by atoms with Crippen molar-refractivity contribution in [2.24, 2.45) is 0 Å². The Kier molecular flexibility index (Phi) is 12.6. The number of halogens is 1. The maximum Gasteiger partial charge on any atom is 0.107 e. The molecule has 1 rings (SSSR count). The summed E-state index contributed by atoms with van der Waals surface area (Å²) in [6.45, 7) is 2.29. The molecule has 0 saturated heterocycles. The van der Waals surface area contributed by atoms with E-state index in [0.29, 0.717) is 0 Å². The highest BCUT2D eigenvalue weighted by molar-refractivity contribution is 6.19. The minimum absolute atomic E-state index is 0.141. The summed E-state index contributed by atoms with van der Waals surface area (Å²) in [6.07, 6.45) is 23.5. The first kappa shape index (κ1) is 19.6. The van der Waals surface area contributed by atoms with Gasteiger partial charge in [-0.25, -0.2) is 0 Å². The zero-order valence-electron chi connectivity index (χ0n) is 14.6. The van der Waals surface area contributed by atoms with E-state index in [0.717, 1.165) is 6.42 Å². The maximum absolute atomic E-state index is 6.35. The van der Waals surface area contributed by atoms with Gasteiger partial charge in [0.05, 0.1) is 0 Å². The van der Waals surface area contributed by atoms with Crippen LogP contribution in [0.15, 0.2) is 24.5 Å². The van der Waals surface area contributed by atoms with Crippen LogP contribution in [0.1, 0.15) is 102 Å². The highest BCUT2D eigenvalue weighted by Gasteiger charge is 2.04. The van der Waals surface area contributed by atoms with Gasteiger partial charge in [-0.3, -0.25) is 0 Å². The van der Waals surface area contributed by atoms with Crippen LogP contribution < -0.4 is 0 Å². The summed E-state index contributed by atoms with van der Waals surface area (Å²) >= 11 is 6.35. The predicted octanol–water partition coefficient (Wildman–Crippen LogP) is 7.71. The molecule has 0 aliphatic heterocycles. The number of nitrogens with zero attached hydrogens (tertiary/aromatic N) is 1. The molecule has 128 valence electrons. The predicted molar refractivity (Wildman–Crippen MR) is 99.6 cm³/mol. The lowest BCUT2D eigenvalue weighted by Crippen LogP contribution is -1.99. The van der Waals surface area contributed by atoms with Gasteiger partial charge in [-0.05, 0) is 18.6 Å². The van der Waals surface area contributed by atoms with Crippen molar-refractivity contribution in [3.8, 4) is 0 Å². The Hall–Kier alpha value is -0.430. The van der Waals surface area contributed by atoms with Crippen LogP contribution in [0.2, 0.25) is 0 Å². The molecule has 2 heteroatoms. The number of alkyl halides is 1. The lowest BCUT2D eigenvalue weighted by atomic mass is 10.0. The molecule has 0 radical (unpaired) electrons. The molecule has 0 spiro atoms. The Balaban J connectivity index is 1.76. The molecular weight excluding hydrogens is 290 g/mol. The summed E-state index contributed by atoms with van der Waals surface area (Å²) in [5.74, 6) is 0. The molecule has 1 aromatic rings. The van der Waals surface area contributed by atoms with Crippen molar-refractivity contribution in [1.82, 2.24) is 4.57 Å². The van der Waals surface area contributed by atoms with Gasteiger partial charge < -0.3 is 4.57 Å². The number of hydrogen-bond acceptors (Lipinski definition) is 0. The Morgan fingerprint density at radius 1 is 0.682 bits per heavy atom. The second-order valence-electron chi connectivity index (χ2n) is 6.60. The number of aromatic nitrogens is 1. The van der Waals surface area contributed by atoms with Crippen molar-refractivity contribution in [2.75, 3.05) is 0 Å². The molecule has 0 fully saturated rings. The number of rotatable bonds is 15. The second kappa shape index (κ2) is 14.2. The van der Waals surface area contributed by atoms with E-state index in [2.05, 4.69) is 23.9 Å². The van der Waals surface area contributed by atoms with E-state index in [1.807, 2.05) is 12.1 Å². The van der Waals surface area contributed by atoms with Gasteiger partial charge in [0, 0.05) is 12.4 Å². The first-order valence-electron chi connectivity index (χ1n) is 9.61. The van der Waals surface area contributed by atoms with E-state index in [1.54, 1.807) is 0 Å². The summed E-state index contributed by atoms with van der Waals surface area (Å²) < 4.78 is 2.10. The molecule has 0 aliphatic carbocycles. The van der Waals surface area contributed by atoms with Crippen LogP contribution in [0.3, 0.4) is 0 Å². The average molecular weight is 326 g/mol. The average Bonchev–Trinajstić information content (AvgIpc) is 3.06. The third-order valence-corrected chi connectivity index (χ3v) is 4.94. The van der Waals surface area contributed by atoms with Crippen molar-refractivity contribution in [2.45, 2.75) is 102 Å². The van der Waals surface area contributed by atoms with E-state index in [9.17, 15) is 0 Å². The monoisotopic (exact) mass is 325 g/mol. The first-order valence-corrected chi connectivity index (χ1v) is 10.0. The molecule has 22 heavy (non-hydrogen) atoms. The summed E-state index contributed by atoms with van der Waals surface area (Å²) in [6, 6.07) is 4.08. The molecule has 0 aliphatic rings. The Bertz CT molecular complexity index is 320. The SMILES string of the molecule is CCCCCCCCCCCCCCCC(Cl)n1cccc1. The first-order chi connectivity index (χ1) is 10.8. The summed E-state index contributed by atoms with van der Waals surface area (Å²) in [4.78, 5) is 0. The summed E-state index contributed by atoms with van der Waals surface area (Å²) in [7, 11) is 0. The normalized spacial score (nSPS) is 12.6. The van der Waals surface area contributed by atoms with Crippen LogP contribution in [-0.4, -0.2) is 4.57 Å². The molecule has 1 unspecified atom stereocenters. The van der Waals surface area contributed by atoms with Crippen LogP contribution in [0, 0.1) is 0 Å². The molecule has 1 aromatic heterocycles. The van der Waals surface area contributed by atoms with E-state index in [-0.39, 0.29) is 5.50 Å². The fourth-order valence-corrected chi connectivity index (χ4v) is 3.30. The van der Waals surface area contributed by atoms with Gasteiger partial charge in [-0.2, -0.15) is 0 Å². The Morgan fingerprint density at radius 3 is 1.55 bits per heavy atom. The molecule has 1 atom stereocenters. The van der Waals surface area contributed by atoms with Crippen molar-refractivity contribution < 1.29 is 0 Å². The molecule has 0 N–H and O–H groups in total. The molecule has 0 bridgehead atoms. The van der Waals surface area contributed by atoms with E-state index in [1.165, 1.54) is 83.5 Å². The van der Waals surface area contributed by atoms with E-state index >= 15 is 0 Å². The molecule has 0 amide bonds. The van der Waals surface area contributed by atoms with Crippen LogP contribution >= 0.6 is 11.6 Å². The van der Waals surface area contributed by atoms with Crippen LogP contribution in [0.4, 0.5) is 0 Å². The number of unbranched alkanes of at least 4 members (excludes halogenated alkanes) is 12. The quantitative estimate of drug-likeness (QED) is 0.230. The van der Waals surface area contributed by atoms with Gasteiger partial charge >= 0.3 is 0 Å². The van der Waals surface area contributed by atoms with Crippen LogP contribution in [0.25, 0.3) is 0 Å². The molecule has 0 aromatic carbocycles. The van der Waals surface area contributed by atoms with Gasteiger partial charge in [-0.15, -0.1) is 0 Å². The van der Waals surface area contributed by atoms with Crippen molar-refractivity contribution in [1.29, 1.82) is 0 Å². The van der Waals surface area contributed by atoms with Gasteiger partial charge in [-0.1, -0.05) is 102 Å². The fraction of sp³-hybridized carbons (Fsp3) is 0.800. The van der Waals surface area contributed by atoms with Crippen molar-refractivity contribution in [3.05, 3.63) is 24.5 Å². The van der Waals surface area contributed by atoms with E-state index in [4.69, 9.17) is 11.6 Å². The maximum atomic E-state index is 6.35. The molecule has 1 heterocycles. The highest BCUT2D eigenvalue weighted by atomic mass is 35.5. The zero-order valence-corrected chi connectivity index (χ0v) is 15.4. The second-order valence-corrected chi connectivity index (χ2v) is 7.10. The standard InChI is InChI=1S/C20H36ClN/c1-2-3-4-5-6-7-8-9-10-11-12-13-14-17-20(21)22-18-15-16-19-22/h15-16,18-20H,2-14,17H2,1H3. The molecule has 1 nitrogen and oxygen atoms in total. The largest absolute Gasteiger partial charge is 0.338 e. The topological polar surface area (TPSA) is 4.93 Å². The zero-order chi connectivity index (χ0) is 15.9. The fourth-order valence-electron chi connectivity index (χ4n) is 3.01. The minimum atomic E-state index is 0.141. The molecular formula is C20H36ClN. The van der Waals surface area contributed by atoms with Crippen LogP contribution in [0.5, 0.6) is 0 Å². The van der Waals surface area contributed by atoms with Gasteiger partial charge in [0.15, 0.2) is 0 Å². The van der Waals surface area contributed by atoms with Crippen LogP contribution in [-0.2, 0) is 0 Å². The minimum Gasteiger partial charge on any atom is -0.338 e. The lowest BCUT2D eigenvalue weighted by Gasteiger charge is -2.11. The van der Waals surface area contributed by atoms with Gasteiger partial charge in [0.2, 0.25) is 0 Å². The smallest absolute Gasteiger partial charge is 0.107 e. The summed E-state index contributed by atoms with van der Waals surface area (Å²) in [5.41, 5.74) is 0.141.